The van der Waals surface area contributed by atoms with Crippen LogP contribution in [0.15, 0.2) is 65.8 Å². The number of para-hydroxylation sites is 1. The minimum Gasteiger partial charge on any atom is -0.490 e. The minimum absolute atomic E-state index is 0.113. The Labute approximate surface area is 316 Å². The summed E-state index contributed by atoms with van der Waals surface area (Å²) in [7, 11) is -2.30. The minimum atomic E-state index is -3.83. The van der Waals surface area contributed by atoms with Crippen molar-refractivity contribution >= 4 is 27.4 Å². The van der Waals surface area contributed by atoms with E-state index in [-0.39, 0.29) is 42.8 Å². The summed E-state index contributed by atoms with van der Waals surface area (Å²) in [5.41, 5.74) is 2.92. The van der Waals surface area contributed by atoms with E-state index in [4.69, 9.17) is 26.2 Å². The average Bonchev–Trinajstić information content (AvgIpc) is 4.11. The highest BCUT2D eigenvalue weighted by atomic mass is 35.5. The second kappa shape index (κ2) is 18.6. The molecule has 1 aromatic heterocycles. The first-order valence-electron chi connectivity index (χ1n) is 18.3. The smallest absolute Gasteiger partial charge is 0.242 e. The Morgan fingerprint density at radius 1 is 0.981 bits per heavy atom. The van der Waals surface area contributed by atoms with Gasteiger partial charge in [-0.2, -0.15) is 0 Å². The number of nitrogens with zero attached hydrogens (tertiary/aromatic N) is 2. The first-order chi connectivity index (χ1) is 25.4. The molecule has 0 saturated heterocycles. The van der Waals surface area contributed by atoms with E-state index >= 15 is 0 Å². The number of aromatic nitrogens is 1. The maximum absolute atomic E-state index is 13.5. The monoisotopic (exact) mass is 774 g/mol. The predicted molar refractivity (Wildman–Crippen MR) is 199 cm³/mol. The first-order valence-corrected chi connectivity index (χ1v) is 20.1. The van der Waals surface area contributed by atoms with Gasteiger partial charge in [-0.05, 0) is 80.0 Å². The fourth-order valence-electron chi connectivity index (χ4n) is 6.41. The number of hydrogen-bond donors (Lipinski definition) is 5. The number of rotatable bonds is 23. The number of carbonyl (C=O) groups excluding carboxylic acids is 1. The normalized spacial score (nSPS) is 17.7. The number of benzene rings is 2. The Morgan fingerprint density at radius 2 is 1.72 bits per heavy atom. The van der Waals surface area contributed by atoms with Gasteiger partial charge in [0, 0.05) is 67.5 Å². The fraction of sp³-hybridized carbons (Fsp3) is 0.538. The molecule has 2 aliphatic carbocycles. The first kappa shape index (κ1) is 41.2. The Hall–Kier alpha value is -2.98. The topological polar surface area (TPSA) is 187 Å². The molecule has 0 spiro atoms. The largest absolute Gasteiger partial charge is 0.490 e. The molecule has 2 saturated carbocycles. The third-order valence-electron chi connectivity index (χ3n) is 10.1. The molecule has 2 aliphatic rings. The van der Waals surface area contributed by atoms with Crippen molar-refractivity contribution in [1.29, 1.82) is 0 Å². The molecule has 5 rings (SSSR count). The van der Waals surface area contributed by atoms with E-state index in [0.29, 0.717) is 36.3 Å². The van der Waals surface area contributed by atoms with Crippen LogP contribution in [0.3, 0.4) is 0 Å². The van der Waals surface area contributed by atoms with Gasteiger partial charge in [-0.15, -0.1) is 0 Å². The van der Waals surface area contributed by atoms with Crippen LogP contribution >= 0.6 is 11.6 Å². The second-order valence-electron chi connectivity index (χ2n) is 14.2. The second-order valence-corrected chi connectivity index (χ2v) is 16.6. The van der Waals surface area contributed by atoms with Gasteiger partial charge in [0.2, 0.25) is 10.0 Å². The van der Waals surface area contributed by atoms with Crippen molar-refractivity contribution in [3.05, 3.63) is 77.1 Å². The predicted octanol–water partition coefficient (Wildman–Crippen LogP) is 4.36. The summed E-state index contributed by atoms with van der Waals surface area (Å²) in [5.74, 6) is -0.353. The molecule has 2 fully saturated rings. The summed E-state index contributed by atoms with van der Waals surface area (Å²) in [5, 5.41) is 48.5. The Morgan fingerprint density at radius 3 is 2.42 bits per heavy atom. The lowest BCUT2D eigenvalue weighted by Gasteiger charge is -2.27. The van der Waals surface area contributed by atoms with Gasteiger partial charge in [0.25, 0.3) is 0 Å². The number of sulfonamides is 1. The maximum Gasteiger partial charge on any atom is 0.242 e. The molecule has 290 valence electrons. The van der Waals surface area contributed by atoms with Gasteiger partial charge in [-0.3, -0.25) is 9.78 Å². The molecule has 0 radical (unpaired) electrons. The number of pyridine rings is 1. The van der Waals surface area contributed by atoms with E-state index in [1.807, 2.05) is 36.5 Å². The molecule has 0 unspecified atom stereocenters. The summed E-state index contributed by atoms with van der Waals surface area (Å²) in [6.07, 6.45) is 5.15. The molecular formula is C39H51ClN2O10S. The Balaban J connectivity index is 1.12. The summed E-state index contributed by atoms with van der Waals surface area (Å²) in [4.78, 5) is 17.0. The van der Waals surface area contributed by atoms with Crippen LogP contribution in [0.2, 0.25) is 5.02 Å². The third-order valence-corrected chi connectivity index (χ3v) is 12.3. The van der Waals surface area contributed by atoms with Crippen LogP contribution in [0, 0.1) is 5.92 Å². The summed E-state index contributed by atoms with van der Waals surface area (Å²) in [6.45, 7) is -0.946. The molecule has 0 bridgehead atoms. The van der Waals surface area contributed by atoms with E-state index in [1.165, 1.54) is 17.4 Å². The molecule has 3 aromatic rings. The van der Waals surface area contributed by atoms with Gasteiger partial charge in [0.1, 0.15) is 23.7 Å². The Kier molecular flexibility index (Phi) is 14.4. The van der Waals surface area contributed by atoms with Crippen molar-refractivity contribution < 1.29 is 48.2 Å². The van der Waals surface area contributed by atoms with Crippen molar-refractivity contribution in [2.45, 2.75) is 106 Å². The molecule has 0 aliphatic heterocycles. The molecule has 14 heteroatoms. The molecule has 53 heavy (non-hydrogen) atoms. The number of halogens is 1. The van der Waals surface area contributed by atoms with E-state index in [1.54, 1.807) is 18.3 Å². The number of ketones is 1. The van der Waals surface area contributed by atoms with Crippen molar-refractivity contribution in [1.82, 2.24) is 9.29 Å². The van der Waals surface area contributed by atoms with Crippen LogP contribution < -0.4 is 4.74 Å². The SMILES string of the molecule is CN(CCCCCCC(=O)C[C@H](CO)[C@H](O)[C@@H](O)[C@@H](O)CO)S(=O)(=O)c1ccc(Cl)c(COC2(c3cnccc3-c3ccccc3OC3CC3)CC2)c1. The summed E-state index contributed by atoms with van der Waals surface area (Å²) in [6, 6.07) is 14.6. The maximum atomic E-state index is 13.5. The molecule has 2 aromatic carbocycles. The third kappa shape index (κ3) is 10.6. The van der Waals surface area contributed by atoms with Crippen LogP contribution in [0.1, 0.15) is 75.3 Å². The lowest BCUT2D eigenvalue weighted by atomic mass is 9.90. The van der Waals surface area contributed by atoms with Gasteiger partial charge in [0.15, 0.2) is 0 Å². The van der Waals surface area contributed by atoms with Crippen molar-refractivity contribution in [3.63, 3.8) is 0 Å². The molecular weight excluding hydrogens is 724 g/mol. The van der Waals surface area contributed by atoms with Gasteiger partial charge < -0.3 is 35.0 Å². The quantitative estimate of drug-likeness (QED) is 0.0862. The van der Waals surface area contributed by atoms with Gasteiger partial charge in [0.05, 0.1) is 35.9 Å². The summed E-state index contributed by atoms with van der Waals surface area (Å²) >= 11 is 6.57. The number of ether oxygens (including phenoxy) is 2. The average molecular weight is 775 g/mol. The highest BCUT2D eigenvalue weighted by Crippen LogP contribution is 2.53. The number of unbranched alkanes of at least 4 members (excludes halogenated alkanes) is 3. The zero-order valence-corrected chi connectivity index (χ0v) is 31.6. The van der Waals surface area contributed by atoms with Gasteiger partial charge in [-0.1, -0.05) is 42.6 Å². The van der Waals surface area contributed by atoms with E-state index in [9.17, 15) is 33.6 Å². The number of Topliss-reactive ketones (excluding diaryl/α,β-unsaturated/α-hetero) is 1. The van der Waals surface area contributed by atoms with E-state index < -0.39 is 53.1 Å². The zero-order valence-electron chi connectivity index (χ0n) is 30.0. The Bertz CT molecular complexity index is 1790. The molecule has 1 heterocycles. The molecule has 12 nitrogen and oxygen atoms in total. The van der Waals surface area contributed by atoms with Crippen molar-refractivity contribution in [2.75, 3.05) is 26.8 Å². The summed E-state index contributed by atoms with van der Waals surface area (Å²) < 4.78 is 41.1. The van der Waals surface area contributed by atoms with Gasteiger partial charge in [-0.25, -0.2) is 12.7 Å². The van der Waals surface area contributed by atoms with Crippen LogP contribution in [-0.4, -0.2) is 100 Å². The van der Waals surface area contributed by atoms with E-state index in [0.717, 1.165) is 48.1 Å². The van der Waals surface area contributed by atoms with Gasteiger partial charge >= 0.3 is 0 Å². The van der Waals surface area contributed by atoms with E-state index in [2.05, 4.69) is 4.98 Å². The van der Waals surface area contributed by atoms with Crippen molar-refractivity contribution in [3.8, 4) is 16.9 Å². The molecule has 0 amide bonds. The van der Waals surface area contributed by atoms with Crippen LogP contribution in [0.25, 0.3) is 11.1 Å². The number of carbonyl (C=O) groups is 1. The fourth-order valence-corrected chi connectivity index (χ4v) is 7.84. The molecule has 5 N–H and O–H groups in total. The van der Waals surface area contributed by atoms with Crippen LogP contribution in [0.5, 0.6) is 5.75 Å². The van der Waals surface area contributed by atoms with Crippen LogP contribution in [0.4, 0.5) is 0 Å². The zero-order chi connectivity index (χ0) is 38.2. The number of aliphatic hydroxyl groups excluding tert-OH is 5. The molecule has 4 atom stereocenters. The lowest BCUT2D eigenvalue weighted by molar-refractivity contribution is -0.127. The number of aliphatic hydroxyl groups is 5. The standard InChI is InChI=1S/C39H51ClN2O10S/c1-42(19-7-3-2-4-8-28(45)20-26(23-43)37(47)38(48)35(46)24-44)53(49,50)30-13-14-34(40)27(21-30)25-51-39(16-17-39)33-22-41-18-15-31(33)32-9-5-6-10-36(32)52-29-11-12-29/h5-6,9-10,13-15,18,21-22,26,29,35,37-38,43-44,46-48H,2-4,7-8,11-12,16-17,19-20,23-25H2,1H3/t26-,35+,37+,38+/m1/s1. The van der Waals surface area contributed by atoms with Crippen molar-refractivity contribution in [2.24, 2.45) is 5.92 Å². The lowest BCUT2D eigenvalue weighted by Crippen LogP contribution is -2.45. The number of hydrogen-bond acceptors (Lipinski definition) is 11. The van der Waals surface area contributed by atoms with Crippen LogP contribution in [-0.2, 0) is 31.8 Å². The highest BCUT2D eigenvalue weighted by Gasteiger charge is 2.48. The highest BCUT2D eigenvalue weighted by molar-refractivity contribution is 7.89.